The molecule has 2 aromatic carbocycles. The summed E-state index contributed by atoms with van der Waals surface area (Å²) in [6, 6.07) is 12.1. The minimum absolute atomic E-state index is 0.0111. The molecule has 0 bridgehead atoms. The molecule has 1 aliphatic heterocycles. The van der Waals surface area contributed by atoms with Gasteiger partial charge in [0.25, 0.3) is 0 Å². The smallest absolute Gasteiger partial charge is 0.240 e. The van der Waals surface area contributed by atoms with E-state index in [1.807, 2.05) is 32.0 Å². The molecule has 1 saturated heterocycles. The molecule has 1 atom stereocenters. The van der Waals surface area contributed by atoms with Crippen LogP contribution in [0.1, 0.15) is 49.7 Å². The Balaban J connectivity index is 1.38. The van der Waals surface area contributed by atoms with Crippen molar-refractivity contribution >= 4 is 33.2 Å². The third-order valence-electron chi connectivity index (χ3n) is 6.51. The van der Waals surface area contributed by atoms with Gasteiger partial charge in [-0.05, 0) is 68.1 Å². The molecule has 0 radical (unpaired) electrons. The van der Waals surface area contributed by atoms with E-state index in [9.17, 15) is 18.0 Å². The summed E-state index contributed by atoms with van der Waals surface area (Å²) in [5, 5.41) is 2.83. The first kappa shape index (κ1) is 23.4. The number of hydrogen-bond acceptors (Lipinski definition) is 4. The van der Waals surface area contributed by atoms with Gasteiger partial charge < -0.3 is 10.2 Å². The van der Waals surface area contributed by atoms with Gasteiger partial charge in [-0.1, -0.05) is 31.4 Å². The molecule has 1 unspecified atom stereocenters. The first-order chi connectivity index (χ1) is 15.7. The summed E-state index contributed by atoms with van der Waals surface area (Å²) < 4.78 is 28.1. The number of nitrogens with one attached hydrogen (secondary N) is 2. The van der Waals surface area contributed by atoms with E-state index >= 15 is 0 Å². The molecule has 1 heterocycles. The summed E-state index contributed by atoms with van der Waals surface area (Å²) in [4.78, 5) is 27.3. The van der Waals surface area contributed by atoms with Gasteiger partial charge in [0, 0.05) is 30.4 Å². The molecule has 8 heteroatoms. The van der Waals surface area contributed by atoms with Crippen LogP contribution in [-0.4, -0.2) is 32.8 Å². The number of amides is 2. The lowest BCUT2D eigenvalue weighted by atomic mass is 9.96. The summed E-state index contributed by atoms with van der Waals surface area (Å²) in [6.07, 6.45) is 5.13. The summed E-state index contributed by atoms with van der Waals surface area (Å²) in [5.41, 5.74) is 3.41. The Hall–Kier alpha value is -2.71. The summed E-state index contributed by atoms with van der Waals surface area (Å²) in [6.45, 7) is 4.25. The largest absolute Gasteiger partial charge is 0.326 e. The molecule has 176 valence electrons. The highest BCUT2D eigenvalue weighted by atomic mass is 32.2. The second-order valence-corrected chi connectivity index (χ2v) is 10.9. The monoisotopic (exact) mass is 469 g/mol. The van der Waals surface area contributed by atoms with Crippen molar-refractivity contribution in [2.45, 2.75) is 63.3 Å². The third kappa shape index (κ3) is 5.45. The van der Waals surface area contributed by atoms with Crippen LogP contribution in [0.25, 0.3) is 0 Å². The molecular formula is C25H31N3O4S. The first-order valence-electron chi connectivity index (χ1n) is 11.5. The van der Waals surface area contributed by atoms with Crippen molar-refractivity contribution in [3.8, 4) is 0 Å². The topological polar surface area (TPSA) is 95.6 Å². The predicted molar refractivity (Wildman–Crippen MR) is 129 cm³/mol. The molecule has 0 spiro atoms. The summed E-state index contributed by atoms with van der Waals surface area (Å²) in [7, 11) is -3.59. The standard InChI is InChI=1S/C25H31N3O4S/c1-17-8-9-18(2)23(14-17)28-16-19(15-24(28)29)25(30)26-20-10-12-22(13-11-20)33(31,32)27-21-6-4-3-5-7-21/h8-14,19,21,27H,3-7,15-16H2,1-2H3,(H,26,30). The Kier molecular flexibility index (Phi) is 6.86. The molecule has 2 fully saturated rings. The fourth-order valence-corrected chi connectivity index (χ4v) is 5.90. The van der Waals surface area contributed by atoms with Crippen molar-refractivity contribution in [2.75, 3.05) is 16.8 Å². The lowest BCUT2D eigenvalue weighted by Gasteiger charge is -2.22. The van der Waals surface area contributed by atoms with Crippen LogP contribution in [0.3, 0.4) is 0 Å². The number of carbonyl (C=O) groups excluding carboxylic acids is 2. The van der Waals surface area contributed by atoms with Gasteiger partial charge in [-0.25, -0.2) is 13.1 Å². The van der Waals surface area contributed by atoms with E-state index in [2.05, 4.69) is 10.0 Å². The number of rotatable bonds is 6. The van der Waals surface area contributed by atoms with E-state index in [4.69, 9.17) is 0 Å². The van der Waals surface area contributed by atoms with Crippen molar-refractivity contribution in [1.82, 2.24) is 4.72 Å². The number of anilines is 2. The zero-order chi connectivity index (χ0) is 23.6. The molecule has 2 aromatic rings. The molecule has 4 rings (SSSR count). The highest BCUT2D eigenvalue weighted by Crippen LogP contribution is 2.29. The van der Waals surface area contributed by atoms with Crippen LogP contribution in [0.2, 0.25) is 0 Å². The maximum absolute atomic E-state index is 12.8. The molecule has 0 aromatic heterocycles. The Labute approximate surface area is 195 Å². The van der Waals surface area contributed by atoms with E-state index in [1.54, 1.807) is 17.0 Å². The van der Waals surface area contributed by atoms with Crippen molar-refractivity contribution in [2.24, 2.45) is 5.92 Å². The molecule has 2 amide bonds. The number of hydrogen-bond donors (Lipinski definition) is 2. The number of sulfonamides is 1. The average Bonchev–Trinajstić information content (AvgIpc) is 3.18. The Morgan fingerprint density at radius 3 is 2.39 bits per heavy atom. The normalized spacial score (nSPS) is 19.6. The Morgan fingerprint density at radius 2 is 1.70 bits per heavy atom. The molecular weight excluding hydrogens is 438 g/mol. The van der Waals surface area contributed by atoms with E-state index < -0.39 is 15.9 Å². The van der Waals surface area contributed by atoms with Crippen LogP contribution in [-0.2, 0) is 19.6 Å². The second-order valence-electron chi connectivity index (χ2n) is 9.17. The van der Waals surface area contributed by atoms with Crippen LogP contribution in [0.15, 0.2) is 47.4 Å². The van der Waals surface area contributed by atoms with Gasteiger partial charge in [-0.15, -0.1) is 0 Å². The highest BCUT2D eigenvalue weighted by Gasteiger charge is 2.35. The zero-order valence-electron chi connectivity index (χ0n) is 19.1. The van der Waals surface area contributed by atoms with Gasteiger partial charge in [0.15, 0.2) is 0 Å². The van der Waals surface area contributed by atoms with E-state index in [-0.39, 0.29) is 29.2 Å². The predicted octanol–water partition coefficient (Wildman–Crippen LogP) is 3.91. The number of aryl methyl sites for hydroxylation is 2. The van der Waals surface area contributed by atoms with E-state index in [0.29, 0.717) is 12.2 Å². The van der Waals surface area contributed by atoms with E-state index in [1.165, 1.54) is 12.1 Å². The fraction of sp³-hybridized carbons (Fsp3) is 0.440. The van der Waals surface area contributed by atoms with Crippen molar-refractivity contribution in [3.05, 3.63) is 53.6 Å². The van der Waals surface area contributed by atoms with Gasteiger partial charge in [-0.2, -0.15) is 0 Å². The summed E-state index contributed by atoms with van der Waals surface area (Å²) in [5.74, 6) is -0.778. The number of benzene rings is 2. The van der Waals surface area contributed by atoms with Crippen LogP contribution in [0.4, 0.5) is 11.4 Å². The minimum atomic E-state index is -3.59. The maximum Gasteiger partial charge on any atom is 0.240 e. The molecule has 7 nitrogen and oxygen atoms in total. The van der Waals surface area contributed by atoms with Crippen molar-refractivity contribution in [1.29, 1.82) is 0 Å². The SMILES string of the molecule is Cc1ccc(C)c(N2CC(C(=O)Nc3ccc(S(=O)(=O)NC4CCCCC4)cc3)CC2=O)c1. The van der Waals surface area contributed by atoms with Gasteiger partial charge in [0.05, 0.1) is 10.8 Å². The van der Waals surface area contributed by atoms with Gasteiger partial charge in [0.2, 0.25) is 21.8 Å². The van der Waals surface area contributed by atoms with Crippen LogP contribution in [0.5, 0.6) is 0 Å². The molecule has 33 heavy (non-hydrogen) atoms. The molecule has 1 aliphatic carbocycles. The Morgan fingerprint density at radius 1 is 1.00 bits per heavy atom. The van der Waals surface area contributed by atoms with Crippen LogP contribution in [0, 0.1) is 19.8 Å². The van der Waals surface area contributed by atoms with Crippen LogP contribution >= 0.6 is 0 Å². The average molecular weight is 470 g/mol. The third-order valence-corrected chi connectivity index (χ3v) is 8.05. The maximum atomic E-state index is 12.8. The summed E-state index contributed by atoms with van der Waals surface area (Å²) >= 11 is 0. The second kappa shape index (κ2) is 9.65. The fourth-order valence-electron chi connectivity index (χ4n) is 4.60. The van der Waals surface area contributed by atoms with Crippen molar-refractivity contribution in [3.63, 3.8) is 0 Å². The van der Waals surface area contributed by atoms with Gasteiger partial charge >= 0.3 is 0 Å². The number of nitrogens with zero attached hydrogens (tertiary/aromatic N) is 1. The quantitative estimate of drug-likeness (QED) is 0.671. The highest BCUT2D eigenvalue weighted by molar-refractivity contribution is 7.89. The van der Waals surface area contributed by atoms with Crippen molar-refractivity contribution < 1.29 is 18.0 Å². The zero-order valence-corrected chi connectivity index (χ0v) is 20.0. The van der Waals surface area contributed by atoms with Gasteiger partial charge in [0.1, 0.15) is 0 Å². The van der Waals surface area contributed by atoms with Crippen LogP contribution < -0.4 is 14.9 Å². The Bertz CT molecular complexity index is 1140. The minimum Gasteiger partial charge on any atom is -0.326 e. The number of carbonyl (C=O) groups is 2. The molecule has 1 saturated carbocycles. The lowest BCUT2D eigenvalue weighted by molar-refractivity contribution is -0.122. The van der Waals surface area contributed by atoms with E-state index in [0.717, 1.165) is 48.9 Å². The lowest BCUT2D eigenvalue weighted by Crippen LogP contribution is -2.36. The molecule has 2 aliphatic rings. The van der Waals surface area contributed by atoms with Gasteiger partial charge in [-0.3, -0.25) is 9.59 Å². The first-order valence-corrected chi connectivity index (χ1v) is 13.0. The molecule has 2 N–H and O–H groups in total.